The van der Waals surface area contributed by atoms with Crippen molar-refractivity contribution < 1.29 is 14.6 Å². The second-order valence-corrected chi connectivity index (χ2v) is 4.69. The van der Waals surface area contributed by atoms with Gasteiger partial charge in [0.15, 0.2) is 0 Å². The van der Waals surface area contributed by atoms with Crippen LogP contribution in [0.15, 0.2) is 0 Å². The van der Waals surface area contributed by atoms with Crippen molar-refractivity contribution in [2.75, 3.05) is 19.8 Å². The zero-order chi connectivity index (χ0) is 10.9. The van der Waals surface area contributed by atoms with Crippen molar-refractivity contribution in [1.29, 1.82) is 0 Å². The minimum Gasteiger partial charge on any atom is -0.480 e. The second kappa shape index (κ2) is 4.10. The van der Waals surface area contributed by atoms with Gasteiger partial charge in [-0.15, -0.1) is 0 Å². The number of rotatable bonds is 2. The van der Waals surface area contributed by atoms with Crippen molar-refractivity contribution in [2.45, 2.75) is 44.2 Å². The van der Waals surface area contributed by atoms with Crippen LogP contribution in [0.2, 0.25) is 0 Å². The summed E-state index contributed by atoms with van der Waals surface area (Å²) in [6.45, 7) is 3.92. The Balaban J connectivity index is 2.15. The topological polar surface area (TPSA) is 49.8 Å². The van der Waals surface area contributed by atoms with E-state index in [0.29, 0.717) is 13.2 Å². The molecule has 2 rings (SSSR count). The molecule has 4 nitrogen and oxygen atoms in total. The highest BCUT2D eigenvalue weighted by Gasteiger charge is 2.45. The van der Waals surface area contributed by atoms with Crippen LogP contribution < -0.4 is 0 Å². The van der Waals surface area contributed by atoms with Crippen LogP contribution in [0.25, 0.3) is 0 Å². The van der Waals surface area contributed by atoms with Crippen molar-refractivity contribution in [1.82, 2.24) is 4.90 Å². The highest BCUT2D eigenvalue weighted by atomic mass is 16.5. The van der Waals surface area contributed by atoms with E-state index in [1.165, 1.54) is 12.8 Å². The maximum Gasteiger partial charge on any atom is 0.320 e. The molecule has 0 aromatic carbocycles. The van der Waals surface area contributed by atoms with Gasteiger partial charge in [-0.25, -0.2) is 0 Å². The number of carboxylic acids is 1. The molecule has 0 amide bonds. The molecule has 1 N–H and O–H groups in total. The molecular weight excluding hydrogens is 194 g/mol. The molecule has 1 spiro atoms. The van der Waals surface area contributed by atoms with E-state index < -0.39 is 5.97 Å². The van der Waals surface area contributed by atoms with E-state index in [-0.39, 0.29) is 11.6 Å². The van der Waals surface area contributed by atoms with Crippen LogP contribution in [-0.2, 0) is 9.53 Å². The average molecular weight is 213 g/mol. The normalized spacial score (nSPS) is 28.1. The first-order valence-electron chi connectivity index (χ1n) is 5.73. The number of hydrogen-bond donors (Lipinski definition) is 1. The molecule has 0 bridgehead atoms. The molecule has 0 aromatic heterocycles. The van der Waals surface area contributed by atoms with Crippen LogP contribution in [0.1, 0.15) is 32.6 Å². The lowest BCUT2D eigenvalue weighted by molar-refractivity contribution is -0.152. The third-order valence-corrected chi connectivity index (χ3v) is 3.82. The molecule has 0 radical (unpaired) electrons. The van der Waals surface area contributed by atoms with Gasteiger partial charge in [0.1, 0.15) is 6.04 Å². The Bertz CT molecular complexity index is 248. The molecule has 1 aliphatic carbocycles. The van der Waals surface area contributed by atoms with Gasteiger partial charge >= 0.3 is 5.97 Å². The van der Waals surface area contributed by atoms with Crippen molar-refractivity contribution in [2.24, 2.45) is 0 Å². The molecule has 1 saturated heterocycles. The second-order valence-electron chi connectivity index (χ2n) is 4.69. The van der Waals surface area contributed by atoms with Crippen molar-refractivity contribution in [3.05, 3.63) is 0 Å². The van der Waals surface area contributed by atoms with Crippen molar-refractivity contribution >= 4 is 5.97 Å². The van der Waals surface area contributed by atoms with E-state index in [0.717, 1.165) is 19.4 Å². The van der Waals surface area contributed by atoms with Gasteiger partial charge in [-0.3, -0.25) is 9.69 Å². The predicted octanol–water partition coefficient (Wildman–Crippen LogP) is 1.10. The first-order chi connectivity index (χ1) is 7.16. The zero-order valence-corrected chi connectivity index (χ0v) is 9.24. The molecule has 0 aromatic rings. The van der Waals surface area contributed by atoms with Gasteiger partial charge in [-0.1, -0.05) is 12.8 Å². The summed E-state index contributed by atoms with van der Waals surface area (Å²) in [6, 6.07) is -0.382. The van der Waals surface area contributed by atoms with E-state index in [9.17, 15) is 4.79 Å². The van der Waals surface area contributed by atoms with Crippen molar-refractivity contribution in [3.63, 3.8) is 0 Å². The fraction of sp³-hybridized carbons (Fsp3) is 0.909. The maximum absolute atomic E-state index is 11.1. The van der Waals surface area contributed by atoms with E-state index in [1.54, 1.807) is 6.92 Å². The lowest BCUT2D eigenvalue weighted by Crippen LogP contribution is -2.60. The molecule has 2 aliphatic rings. The van der Waals surface area contributed by atoms with Gasteiger partial charge in [0, 0.05) is 12.1 Å². The van der Waals surface area contributed by atoms with Crippen LogP contribution in [0.5, 0.6) is 0 Å². The van der Waals surface area contributed by atoms with E-state index >= 15 is 0 Å². The van der Waals surface area contributed by atoms with E-state index in [2.05, 4.69) is 4.90 Å². The smallest absolute Gasteiger partial charge is 0.320 e. The number of morpholine rings is 1. The van der Waals surface area contributed by atoms with Crippen molar-refractivity contribution in [3.8, 4) is 0 Å². The molecule has 1 saturated carbocycles. The Kier molecular flexibility index (Phi) is 2.98. The summed E-state index contributed by atoms with van der Waals surface area (Å²) in [4.78, 5) is 13.2. The largest absolute Gasteiger partial charge is 0.480 e. The first kappa shape index (κ1) is 10.9. The summed E-state index contributed by atoms with van der Waals surface area (Å²) in [5.41, 5.74) is 0.0239. The summed E-state index contributed by atoms with van der Waals surface area (Å²) in [6.07, 6.45) is 4.58. The van der Waals surface area contributed by atoms with Gasteiger partial charge in [0.25, 0.3) is 0 Å². The summed E-state index contributed by atoms with van der Waals surface area (Å²) in [5.74, 6) is -0.719. The SMILES string of the molecule is CC(C(=O)O)N1CCOCC12CCCC2. The van der Waals surface area contributed by atoms with Gasteiger partial charge in [0.05, 0.1) is 13.2 Å². The molecule has 4 heteroatoms. The Morgan fingerprint density at radius 3 is 2.73 bits per heavy atom. The fourth-order valence-electron chi connectivity index (χ4n) is 2.95. The van der Waals surface area contributed by atoms with E-state index in [1.807, 2.05) is 0 Å². The molecule has 1 heterocycles. The molecule has 15 heavy (non-hydrogen) atoms. The fourth-order valence-corrected chi connectivity index (χ4v) is 2.95. The van der Waals surface area contributed by atoms with Crippen LogP contribution in [-0.4, -0.2) is 47.3 Å². The maximum atomic E-state index is 11.1. The number of carboxylic acid groups (broad SMARTS) is 1. The first-order valence-corrected chi connectivity index (χ1v) is 5.73. The molecule has 1 aliphatic heterocycles. The summed E-state index contributed by atoms with van der Waals surface area (Å²) in [7, 11) is 0. The number of aliphatic carboxylic acids is 1. The number of hydrogen-bond acceptors (Lipinski definition) is 3. The quantitative estimate of drug-likeness (QED) is 0.746. The van der Waals surface area contributed by atoms with Gasteiger partial charge in [0.2, 0.25) is 0 Å². The van der Waals surface area contributed by atoms with Gasteiger partial charge in [-0.05, 0) is 19.8 Å². The minimum atomic E-state index is -0.719. The molecule has 1 unspecified atom stereocenters. The Hall–Kier alpha value is -0.610. The Morgan fingerprint density at radius 2 is 2.13 bits per heavy atom. The summed E-state index contributed by atoms with van der Waals surface area (Å²) >= 11 is 0. The monoisotopic (exact) mass is 213 g/mol. The average Bonchev–Trinajstić information content (AvgIpc) is 2.67. The molecular formula is C11H19NO3. The van der Waals surface area contributed by atoms with Crippen LogP contribution >= 0.6 is 0 Å². The molecule has 86 valence electrons. The third kappa shape index (κ3) is 1.88. The van der Waals surface area contributed by atoms with Gasteiger partial charge in [-0.2, -0.15) is 0 Å². The number of nitrogens with zero attached hydrogens (tertiary/aromatic N) is 1. The lowest BCUT2D eigenvalue weighted by atomic mass is 9.93. The van der Waals surface area contributed by atoms with Crippen LogP contribution in [0.3, 0.4) is 0 Å². The Morgan fingerprint density at radius 1 is 1.47 bits per heavy atom. The number of carbonyl (C=O) groups is 1. The zero-order valence-electron chi connectivity index (χ0n) is 9.24. The highest BCUT2D eigenvalue weighted by molar-refractivity contribution is 5.73. The summed E-state index contributed by atoms with van der Waals surface area (Å²) in [5, 5.41) is 9.10. The predicted molar refractivity (Wildman–Crippen MR) is 55.8 cm³/mol. The highest BCUT2D eigenvalue weighted by Crippen LogP contribution is 2.38. The minimum absolute atomic E-state index is 0.0239. The van der Waals surface area contributed by atoms with Crippen LogP contribution in [0, 0.1) is 0 Å². The van der Waals surface area contributed by atoms with Crippen LogP contribution in [0.4, 0.5) is 0 Å². The third-order valence-electron chi connectivity index (χ3n) is 3.82. The number of ether oxygens (including phenoxy) is 1. The standard InChI is InChI=1S/C11H19NO3/c1-9(10(13)14)12-6-7-15-8-11(12)4-2-3-5-11/h9H,2-8H2,1H3,(H,13,14). The Labute approximate surface area is 90.2 Å². The summed E-state index contributed by atoms with van der Waals surface area (Å²) < 4.78 is 5.53. The lowest BCUT2D eigenvalue weighted by Gasteiger charge is -2.46. The molecule has 1 atom stereocenters. The molecule has 2 fully saturated rings. The van der Waals surface area contributed by atoms with Gasteiger partial charge < -0.3 is 9.84 Å². The van der Waals surface area contributed by atoms with E-state index in [4.69, 9.17) is 9.84 Å².